The third-order valence-electron chi connectivity index (χ3n) is 11.5. The third-order valence-corrected chi connectivity index (χ3v) is 12.0. The lowest BCUT2D eigenvalue weighted by molar-refractivity contribution is -0.154. The van der Waals surface area contributed by atoms with Crippen LogP contribution in [0.4, 0.5) is 0 Å². The number of aryl methyl sites for hydroxylation is 2. The molecule has 0 spiro atoms. The van der Waals surface area contributed by atoms with E-state index in [-0.39, 0.29) is 28.8 Å². The predicted molar refractivity (Wildman–Crippen MR) is 185 cm³/mol. The molecular formula is C39H61BrO4. The first-order valence-corrected chi connectivity index (χ1v) is 19.6. The van der Waals surface area contributed by atoms with Gasteiger partial charge in [0.2, 0.25) is 0 Å². The Kier molecular flexibility index (Phi) is 14.6. The van der Waals surface area contributed by atoms with Gasteiger partial charge in [-0.1, -0.05) is 120 Å². The first-order chi connectivity index (χ1) is 21.4. The molecule has 4 nitrogen and oxygen atoms in total. The molecule has 1 aromatic carbocycles. The second-order valence-electron chi connectivity index (χ2n) is 14.6. The molecule has 0 unspecified atom stereocenters. The molecule has 0 radical (unpaired) electrons. The van der Waals surface area contributed by atoms with E-state index in [1.807, 2.05) is 0 Å². The zero-order valence-electron chi connectivity index (χ0n) is 28.2. The van der Waals surface area contributed by atoms with Crippen molar-refractivity contribution in [2.45, 2.75) is 174 Å². The summed E-state index contributed by atoms with van der Waals surface area (Å²) in [4.78, 5) is 24.7. The number of carbonyl (C=O) groups is 2. The van der Waals surface area contributed by atoms with Crippen LogP contribution in [-0.4, -0.2) is 23.4 Å². The van der Waals surface area contributed by atoms with E-state index in [4.69, 9.17) is 9.47 Å². The molecule has 2 saturated carbocycles. The lowest BCUT2D eigenvalue weighted by atomic mass is 9.55. The summed E-state index contributed by atoms with van der Waals surface area (Å²) in [6.45, 7) is 6.86. The lowest BCUT2D eigenvalue weighted by Gasteiger charge is -2.50. The number of unbranched alkanes of at least 4 members (excludes halogenated alkanes) is 14. The summed E-state index contributed by atoms with van der Waals surface area (Å²) < 4.78 is 11.8. The van der Waals surface area contributed by atoms with Crippen LogP contribution in [-0.2, 0) is 20.7 Å². The van der Waals surface area contributed by atoms with E-state index in [1.54, 1.807) is 0 Å². The van der Waals surface area contributed by atoms with Crippen molar-refractivity contribution in [2.24, 2.45) is 17.3 Å². The molecule has 0 saturated heterocycles. The van der Waals surface area contributed by atoms with E-state index in [0.717, 1.165) is 50.7 Å². The van der Waals surface area contributed by atoms with E-state index < -0.39 is 0 Å². The lowest BCUT2D eigenvalue weighted by Crippen LogP contribution is -2.45. The van der Waals surface area contributed by atoms with E-state index in [1.165, 1.54) is 107 Å². The fourth-order valence-electron chi connectivity index (χ4n) is 9.16. The van der Waals surface area contributed by atoms with Crippen molar-refractivity contribution in [2.75, 3.05) is 5.33 Å². The highest BCUT2D eigenvalue weighted by molar-refractivity contribution is 9.09. The molecule has 4 rings (SSSR count). The van der Waals surface area contributed by atoms with Crippen LogP contribution in [0.1, 0.15) is 171 Å². The van der Waals surface area contributed by atoms with E-state index >= 15 is 0 Å². The Morgan fingerprint density at radius 1 is 0.818 bits per heavy atom. The molecular weight excluding hydrogens is 612 g/mol. The van der Waals surface area contributed by atoms with Gasteiger partial charge in [0.25, 0.3) is 0 Å². The first-order valence-electron chi connectivity index (χ1n) is 18.5. The highest BCUT2D eigenvalue weighted by Crippen LogP contribution is 2.62. The third kappa shape index (κ3) is 9.58. The molecule has 0 N–H and O–H groups in total. The van der Waals surface area contributed by atoms with Crippen molar-refractivity contribution in [3.8, 4) is 5.75 Å². The minimum absolute atomic E-state index is 0.0484. The number of carbonyl (C=O) groups excluding carboxylic acids is 2. The molecule has 2 fully saturated rings. The fourth-order valence-corrected chi connectivity index (χ4v) is 9.29. The maximum Gasteiger partial charge on any atom is 0.316 e. The van der Waals surface area contributed by atoms with Crippen LogP contribution in [0.15, 0.2) is 12.1 Å². The van der Waals surface area contributed by atoms with Crippen molar-refractivity contribution >= 4 is 27.9 Å². The number of ether oxygens (including phenoxy) is 2. The molecule has 0 heterocycles. The quantitative estimate of drug-likeness (QED) is 0.0635. The standard InChI is InChI=1S/C39H61BrO4/c1-4-5-6-7-8-9-10-11-12-13-14-15-16-17-18-19-36(41)43-31-26-29(2)38-30(27-31)20-21-32-33(38)24-25-39(3)34(32)22-23-35(39)44-37(42)28-40/h26-27,32-35H,4-25,28H2,1-3H3/t32-,33+,34+,35+,39+/m1/s1. The second-order valence-corrected chi connectivity index (χ2v) is 15.2. The maximum atomic E-state index is 12.7. The van der Waals surface area contributed by atoms with E-state index in [0.29, 0.717) is 24.2 Å². The van der Waals surface area contributed by atoms with Crippen molar-refractivity contribution in [1.82, 2.24) is 0 Å². The van der Waals surface area contributed by atoms with Crippen molar-refractivity contribution in [3.05, 3.63) is 28.8 Å². The van der Waals surface area contributed by atoms with Crippen LogP contribution in [0, 0.1) is 24.2 Å². The molecule has 0 amide bonds. The van der Waals surface area contributed by atoms with Gasteiger partial charge in [-0.25, -0.2) is 0 Å². The number of fused-ring (bicyclic) bond motifs is 5. The van der Waals surface area contributed by atoms with Gasteiger partial charge in [0, 0.05) is 11.8 Å². The van der Waals surface area contributed by atoms with Gasteiger partial charge >= 0.3 is 11.9 Å². The number of halogens is 1. The van der Waals surface area contributed by atoms with Crippen molar-refractivity contribution in [1.29, 1.82) is 0 Å². The topological polar surface area (TPSA) is 52.6 Å². The summed E-state index contributed by atoms with van der Waals surface area (Å²) in [5, 5.41) is 0.273. The number of rotatable bonds is 19. The minimum Gasteiger partial charge on any atom is -0.461 e. The maximum absolute atomic E-state index is 12.7. The smallest absolute Gasteiger partial charge is 0.316 e. The molecule has 248 valence electrons. The van der Waals surface area contributed by atoms with Gasteiger partial charge in [-0.3, -0.25) is 9.59 Å². The Balaban J connectivity index is 1.13. The highest BCUT2D eigenvalue weighted by atomic mass is 79.9. The van der Waals surface area contributed by atoms with Gasteiger partial charge in [-0.05, 0) is 98.4 Å². The van der Waals surface area contributed by atoms with Crippen LogP contribution >= 0.6 is 15.9 Å². The molecule has 0 aliphatic heterocycles. The van der Waals surface area contributed by atoms with E-state index in [2.05, 4.69) is 48.8 Å². The summed E-state index contributed by atoms with van der Waals surface area (Å²) in [6.07, 6.45) is 27.1. The fraction of sp³-hybridized carbons (Fsp3) is 0.795. The molecule has 3 aliphatic rings. The van der Waals surface area contributed by atoms with Crippen molar-refractivity contribution in [3.63, 3.8) is 0 Å². The summed E-state index contributed by atoms with van der Waals surface area (Å²) in [5.74, 6) is 2.32. The summed E-state index contributed by atoms with van der Waals surface area (Å²) in [6, 6.07) is 4.26. The highest BCUT2D eigenvalue weighted by Gasteiger charge is 2.56. The SMILES string of the molecule is CCCCCCCCCCCCCCCCCC(=O)Oc1cc(C)c2c(c1)CC[C@@H]1[C@@H]2CC[C@]2(C)[C@@H](OC(=O)CBr)CC[C@@H]12. The summed E-state index contributed by atoms with van der Waals surface area (Å²) >= 11 is 3.26. The van der Waals surface area contributed by atoms with Gasteiger partial charge < -0.3 is 9.47 Å². The number of alkyl halides is 1. The van der Waals surface area contributed by atoms with Gasteiger partial charge in [0.15, 0.2) is 0 Å². The molecule has 1 aromatic rings. The van der Waals surface area contributed by atoms with Gasteiger partial charge in [0.1, 0.15) is 17.2 Å². The summed E-state index contributed by atoms with van der Waals surface area (Å²) in [7, 11) is 0. The van der Waals surface area contributed by atoms with E-state index in [9.17, 15) is 9.59 Å². The normalized spacial score (nSPS) is 25.6. The molecule has 0 bridgehead atoms. The Hall–Kier alpha value is -1.36. The van der Waals surface area contributed by atoms with Crippen LogP contribution < -0.4 is 4.74 Å². The average Bonchev–Trinajstić information content (AvgIpc) is 3.34. The van der Waals surface area contributed by atoms with Gasteiger partial charge in [-0.2, -0.15) is 0 Å². The molecule has 5 heteroatoms. The Labute approximate surface area is 277 Å². The molecule has 5 atom stereocenters. The number of hydrogen-bond donors (Lipinski definition) is 0. The molecule has 0 aromatic heterocycles. The number of hydrogen-bond acceptors (Lipinski definition) is 4. The molecule has 3 aliphatic carbocycles. The van der Waals surface area contributed by atoms with Crippen LogP contribution in [0.25, 0.3) is 0 Å². The largest absolute Gasteiger partial charge is 0.461 e. The van der Waals surface area contributed by atoms with Crippen LogP contribution in [0.3, 0.4) is 0 Å². The van der Waals surface area contributed by atoms with Gasteiger partial charge in [0.05, 0.1) is 0 Å². The Morgan fingerprint density at radius 2 is 1.43 bits per heavy atom. The molecule has 44 heavy (non-hydrogen) atoms. The Bertz CT molecular complexity index is 1050. The summed E-state index contributed by atoms with van der Waals surface area (Å²) in [5.41, 5.74) is 4.25. The monoisotopic (exact) mass is 672 g/mol. The van der Waals surface area contributed by atoms with Crippen LogP contribution in [0.2, 0.25) is 0 Å². The Morgan fingerprint density at radius 3 is 2.05 bits per heavy atom. The van der Waals surface area contributed by atoms with Crippen molar-refractivity contribution < 1.29 is 19.1 Å². The van der Waals surface area contributed by atoms with Gasteiger partial charge in [-0.15, -0.1) is 0 Å². The zero-order chi connectivity index (χ0) is 31.4. The minimum atomic E-state index is -0.134. The first kappa shape index (κ1) is 35.5. The van der Waals surface area contributed by atoms with Crippen LogP contribution in [0.5, 0.6) is 5.75 Å². The predicted octanol–water partition coefficient (Wildman–Crippen LogP) is 11.3. The number of esters is 2. The average molecular weight is 674 g/mol. The zero-order valence-corrected chi connectivity index (χ0v) is 29.8. The number of benzene rings is 1. The second kappa shape index (κ2) is 18.1.